The van der Waals surface area contributed by atoms with Crippen LogP contribution in [0.4, 0.5) is 14.9 Å². The van der Waals surface area contributed by atoms with E-state index in [1.807, 2.05) is 12.1 Å². The first-order valence-electron chi connectivity index (χ1n) is 10.1. The summed E-state index contributed by atoms with van der Waals surface area (Å²) in [6.07, 6.45) is 3.60. The van der Waals surface area contributed by atoms with Crippen molar-refractivity contribution >= 4 is 11.7 Å². The molecule has 7 heteroatoms. The number of amides is 2. The molecule has 2 N–H and O–H groups in total. The van der Waals surface area contributed by atoms with Crippen molar-refractivity contribution < 1.29 is 13.7 Å². The van der Waals surface area contributed by atoms with E-state index < -0.39 is 0 Å². The summed E-state index contributed by atoms with van der Waals surface area (Å²) >= 11 is 0. The van der Waals surface area contributed by atoms with Gasteiger partial charge in [-0.25, -0.2) is 9.18 Å². The van der Waals surface area contributed by atoms with E-state index in [2.05, 4.69) is 29.6 Å². The number of rotatable bonds is 7. The van der Waals surface area contributed by atoms with Crippen LogP contribution >= 0.6 is 0 Å². The molecule has 2 amide bonds. The molecule has 0 aliphatic carbocycles. The van der Waals surface area contributed by atoms with Crippen LogP contribution in [0.5, 0.6) is 0 Å². The second kappa shape index (κ2) is 9.57. The number of hydrogen-bond donors (Lipinski definition) is 2. The van der Waals surface area contributed by atoms with Crippen LogP contribution in [0.3, 0.4) is 0 Å². The minimum absolute atomic E-state index is 0.107. The van der Waals surface area contributed by atoms with Gasteiger partial charge in [-0.1, -0.05) is 31.1 Å². The maximum atomic E-state index is 13.8. The number of benzene rings is 1. The number of aromatic nitrogens is 1. The Bertz CT molecular complexity index is 767. The molecule has 0 spiro atoms. The number of para-hydroxylation sites is 1. The minimum atomic E-state index is -0.248. The number of hydrogen-bond acceptors (Lipinski definition) is 4. The fraction of sp³-hybridized carbons (Fsp3) is 0.524. The van der Waals surface area contributed by atoms with E-state index in [1.165, 1.54) is 6.07 Å². The highest BCUT2D eigenvalue weighted by Crippen LogP contribution is 2.22. The first kappa shape index (κ1) is 20.2. The van der Waals surface area contributed by atoms with E-state index in [4.69, 9.17) is 4.52 Å². The third-order valence-electron chi connectivity index (χ3n) is 5.41. The SMILES string of the molecule is CCC(CC)c1cc(CNC(=O)N2CCC(Nc3ccccc3F)CC2)on1. The number of urea groups is 1. The molecule has 28 heavy (non-hydrogen) atoms. The van der Waals surface area contributed by atoms with Crippen LogP contribution in [-0.4, -0.2) is 35.2 Å². The Labute approximate surface area is 165 Å². The molecule has 2 aromatic rings. The largest absolute Gasteiger partial charge is 0.380 e. The topological polar surface area (TPSA) is 70.4 Å². The summed E-state index contributed by atoms with van der Waals surface area (Å²) in [4.78, 5) is 14.2. The first-order chi connectivity index (χ1) is 13.6. The molecule has 1 saturated heterocycles. The summed E-state index contributed by atoms with van der Waals surface area (Å²) in [6, 6.07) is 8.66. The van der Waals surface area contributed by atoms with Gasteiger partial charge in [-0.15, -0.1) is 0 Å². The number of likely N-dealkylation sites (tertiary alicyclic amines) is 1. The minimum Gasteiger partial charge on any atom is -0.380 e. The van der Waals surface area contributed by atoms with Crippen molar-refractivity contribution in [1.29, 1.82) is 0 Å². The molecule has 0 atom stereocenters. The van der Waals surface area contributed by atoms with Crippen molar-refractivity contribution in [3.63, 3.8) is 0 Å². The lowest BCUT2D eigenvalue weighted by Gasteiger charge is -2.32. The summed E-state index contributed by atoms with van der Waals surface area (Å²) in [6.45, 7) is 5.87. The zero-order valence-electron chi connectivity index (χ0n) is 16.6. The molecule has 0 radical (unpaired) electrons. The molecule has 1 aromatic heterocycles. The van der Waals surface area contributed by atoms with E-state index in [0.717, 1.165) is 31.4 Å². The molecule has 2 heterocycles. The third-order valence-corrected chi connectivity index (χ3v) is 5.41. The fourth-order valence-electron chi connectivity index (χ4n) is 3.61. The molecule has 1 fully saturated rings. The van der Waals surface area contributed by atoms with Crippen LogP contribution in [0.15, 0.2) is 34.9 Å². The van der Waals surface area contributed by atoms with Crippen molar-refractivity contribution in [2.45, 2.75) is 58.0 Å². The number of nitrogens with zero attached hydrogens (tertiary/aromatic N) is 2. The summed E-state index contributed by atoms with van der Waals surface area (Å²) in [5, 5.41) is 10.3. The normalized spacial score (nSPS) is 15.1. The Hall–Kier alpha value is -2.57. The predicted molar refractivity (Wildman–Crippen MR) is 107 cm³/mol. The van der Waals surface area contributed by atoms with Gasteiger partial charge in [0.05, 0.1) is 17.9 Å². The zero-order chi connectivity index (χ0) is 19.9. The third kappa shape index (κ3) is 5.03. The quantitative estimate of drug-likeness (QED) is 0.732. The highest BCUT2D eigenvalue weighted by atomic mass is 19.1. The molecule has 152 valence electrons. The molecule has 0 bridgehead atoms. The summed E-state index contributed by atoms with van der Waals surface area (Å²) in [7, 11) is 0. The van der Waals surface area contributed by atoms with E-state index >= 15 is 0 Å². The van der Waals surface area contributed by atoms with Crippen LogP contribution in [0.1, 0.15) is 56.9 Å². The summed E-state index contributed by atoms with van der Waals surface area (Å²) < 4.78 is 19.1. The predicted octanol–water partition coefficient (Wildman–Crippen LogP) is 4.50. The number of nitrogens with one attached hydrogen (secondary N) is 2. The monoisotopic (exact) mass is 388 g/mol. The number of carbonyl (C=O) groups is 1. The van der Waals surface area contributed by atoms with Crippen molar-refractivity contribution in [1.82, 2.24) is 15.4 Å². The lowest BCUT2D eigenvalue weighted by molar-refractivity contribution is 0.182. The molecule has 6 nitrogen and oxygen atoms in total. The Balaban J connectivity index is 1.43. The highest BCUT2D eigenvalue weighted by molar-refractivity contribution is 5.74. The first-order valence-corrected chi connectivity index (χ1v) is 10.1. The van der Waals surface area contributed by atoms with E-state index in [9.17, 15) is 9.18 Å². The van der Waals surface area contributed by atoms with Gasteiger partial charge in [-0.2, -0.15) is 0 Å². The van der Waals surface area contributed by atoms with Gasteiger partial charge in [0.2, 0.25) is 0 Å². The average Bonchev–Trinajstić information content (AvgIpc) is 3.18. The Kier molecular flexibility index (Phi) is 6.90. The van der Waals surface area contributed by atoms with Crippen molar-refractivity contribution in [3.05, 3.63) is 47.6 Å². The van der Waals surface area contributed by atoms with E-state index in [1.54, 1.807) is 17.0 Å². The number of anilines is 1. The molecule has 0 unspecified atom stereocenters. The Morgan fingerprint density at radius 1 is 1.29 bits per heavy atom. The van der Waals surface area contributed by atoms with Crippen molar-refractivity contribution in [2.75, 3.05) is 18.4 Å². The van der Waals surface area contributed by atoms with Gasteiger partial charge in [0.25, 0.3) is 0 Å². The van der Waals surface area contributed by atoms with Crippen LogP contribution < -0.4 is 10.6 Å². The second-order valence-corrected chi connectivity index (χ2v) is 7.28. The van der Waals surface area contributed by atoms with Crippen LogP contribution in [0.2, 0.25) is 0 Å². The van der Waals surface area contributed by atoms with Gasteiger partial charge >= 0.3 is 6.03 Å². The lowest BCUT2D eigenvalue weighted by Crippen LogP contribution is -2.46. The van der Waals surface area contributed by atoms with Gasteiger partial charge in [0.15, 0.2) is 5.76 Å². The molecule has 1 aliphatic heterocycles. The number of halogens is 1. The van der Waals surface area contributed by atoms with Crippen LogP contribution in [-0.2, 0) is 6.54 Å². The molecule has 1 aliphatic rings. The number of piperidine rings is 1. The van der Waals surface area contributed by atoms with Gasteiger partial charge in [0, 0.05) is 31.1 Å². The van der Waals surface area contributed by atoms with Crippen LogP contribution in [0.25, 0.3) is 0 Å². The molecular weight excluding hydrogens is 359 g/mol. The summed E-state index contributed by atoms with van der Waals surface area (Å²) in [5.74, 6) is 0.822. The fourth-order valence-corrected chi connectivity index (χ4v) is 3.61. The van der Waals surface area contributed by atoms with Gasteiger partial charge in [-0.05, 0) is 37.8 Å². The smallest absolute Gasteiger partial charge is 0.317 e. The maximum absolute atomic E-state index is 13.8. The standard InChI is InChI=1S/C21H29FN4O2/c1-3-15(4-2)20-13-17(28-25-20)14-23-21(27)26-11-9-16(10-12-26)24-19-8-6-5-7-18(19)22/h5-8,13,15-16,24H,3-4,9-12,14H2,1-2H3,(H,23,27). The maximum Gasteiger partial charge on any atom is 0.317 e. The second-order valence-electron chi connectivity index (χ2n) is 7.28. The van der Waals surface area contributed by atoms with Crippen LogP contribution in [0, 0.1) is 5.82 Å². The van der Waals surface area contributed by atoms with Crippen molar-refractivity contribution in [3.8, 4) is 0 Å². The zero-order valence-corrected chi connectivity index (χ0v) is 16.6. The lowest BCUT2D eigenvalue weighted by atomic mass is 9.99. The molecule has 3 rings (SSSR count). The Morgan fingerprint density at radius 3 is 2.68 bits per heavy atom. The molecule has 0 saturated carbocycles. The van der Waals surface area contributed by atoms with Gasteiger partial charge in [-0.3, -0.25) is 0 Å². The van der Waals surface area contributed by atoms with E-state index in [0.29, 0.717) is 37.0 Å². The highest BCUT2D eigenvalue weighted by Gasteiger charge is 2.23. The molecule has 1 aromatic carbocycles. The van der Waals surface area contributed by atoms with Gasteiger partial charge < -0.3 is 20.1 Å². The van der Waals surface area contributed by atoms with E-state index in [-0.39, 0.29) is 17.9 Å². The van der Waals surface area contributed by atoms with Gasteiger partial charge in [0.1, 0.15) is 5.82 Å². The summed E-state index contributed by atoms with van der Waals surface area (Å²) in [5.41, 5.74) is 1.47. The Morgan fingerprint density at radius 2 is 2.00 bits per heavy atom. The number of carbonyl (C=O) groups excluding carboxylic acids is 1. The average molecular weight is 388 g/mol. The van der Waals surface area contributed by atoms with Crippen molar-refractivity contribution in [2.24, 2.45) is 0 Å². The molecular formula is C21H29FN4O2.